The molecule has 4 N–H and O–H groups in total. The van der Waals surface area contributed by atoms with Crippen LogP contribution in [0.3, 0.4) is 0 Å². The van der Waals surface area contributed by atoms with Gasteiger partial charge in [0, 0.05) is 11.1 Å². The molecule has 0 spiro atoms. The van der Waals surface area contributed by atoms with Gasteiger partial charge in [-0.15, -0.1) is 0 Å². The van der Waals surface area contributed by atoms with E-state index in [1.54, 1.807) is 29.6 Å². The monoisotopic (exact) mass is 249 g/mol. The minimum Gasteiger partial charge on any atom is -0.399 e. The lowest BCUT2D eigenvalue weighted by molar-refractivity contribution is -0.118. The SMILES string of the molecule is NC(=O)Cn1c(-c2ccc(N)cc2)csc1=O. The second-order valence-electron chi connectivity index (χ2n) is 3.56. The highest BCUT2D eigenvalue weighted by atomic mass is 32.1. The van der Waals surface area contributed by atoms with Crippen molar-refractivity contribution in [1.82, 2.24) is 4.57 Å². The van der Waals surface area contributed by atoms with Gasteiger partial charge in [0.1, 0.15) is 6.54 Å². The lowest BCUT2D eigenvalue weighted by atomic mass is 10.1. The van der Waals surface area contributed by atoms with Gasteiger partial charge in [0.2, 0.25) is 5.91 Å². The number of amides is 1. The molecule has 0 saturated heterocycles. The van der Waals surface area contributed by atoms with Crippen molar-refractivity contribution in [3.8, 4) is 11.3 Å². The predicted molar refractivity (Wildman–Crippen MR) is 67.6 cm³/mol. The van der Waals surface area contributed by atoms with Crippen molar-refractivity contribution in [2.24, 2.45) is 5.73 Å². The molecule has 88 valence electrons. The summed E-state index contributed by atoms with van der Waals surface area (Å²) in [5.74, 6) is -0.540. The van der Waals surface area contributed by atoms with Crippen LogP contribution in [0.15, 0.2) is 34.4 Å². The van der Waals surface area contributed by atoms with E-state index in [-0.39, 0.29) is 11.4 Å². The molecular formula is C11H11N3O2S. The van der Waals surface area contributed by atoms with Gasteiger partial charge < -0.3 is 11.5 Å². The standard InChI is InChI=1S/C11H11N3O2S/c12-8-3-1-7(2-4-8)9-6-17-11(16)14(9)5-10(13)15/h1-4,6H,5,12H2,(H2,13,15). The van der Waals surface area contributed by atoms with E-state index in [4.69, 9.17) is 11.5 Å². The molecule has 2 aromatic rings. The Labute approximate surface area is 101 Å². The summed E-state index contributed by atoms with van der Waals surface area (Å²) in [7, 11) is 0. The molecule has 0 radical (unpaired) electrons. The Morgan fingerprint density at radius 2 is 1.94 bits per heavy atom. The molecule has 17 heavy (non-hydrogen) atoms. The quantitative estimate of drug-likeness (QED) is 0.782. The minimum absolute atomic E-state index is 0.109. The Hall–Kier alpha value is -2.08. The van der Waals surface area contributed by atoms with Gasteiger partial charge in [0.15, 0.2) is 0 Å². The topological polar surface area (TPSA) is 91.1 Å². The van der Waals surface area contributed by atoms with E-state index < -0.39 is 5.91 Å². The number of anilines is 1. The molecule has 0 aliphatic heterocycles. The maximum absolute atomic E-state index is 11.6. The fourth-order valence-electron chi connectivity index (χ4n) is 1.52. The fraction of sp³-hybridized carbons (Fsp3) is 0.0909. The number of aromatic nitrogens is 1. The average Bonchev–Trinajstić information content (AvgIpc) is 2.61. The number of carbonyl (C=O) groups excluding carboxylic acids is 1. The molecule has 1 aromatic carbocycles. The third kappa shape index (κ3) is 2.36. The van der Waals surface area contributed by atoms with Crippen molar-refractivity contribution in [3.05, 3.63) is 39.3 Å². The Morgan fingerprint density at radius 1 is 1.29 bits per heavy atom. The third-order valence-electron chi connectivity index (χ3n) is 2.30. The van der Waals surface area contributed by atoms with Gasteiger partial charge in [-0.2, -0.15) is 0 Å². The predicted octanol–water partition coefficient (Wildman–Crippen LogP) is 0.644. The molecular weight excluding hydrogens is 238 g/mol. The highest BCUT2D eigenvalue weighted by Crippen LogP contribution is 2.21. The zero-order chi connectivity index (χ0) is 12.4. The lowest BCUT2D eigenvalue weighted by Crippen LogP contribution is -2.25. The summed E-state index contributed by atoms with van der Waals surface area (Å²) in [4.78, 5) is 22.3. The van der Waals surface area contributed by atoms with Crippen molar-refractivity contribution >= 4 is 22.9 Å². The van der Waals surface area contributed by atoms with Gasteiger partial charge in [-0.05, 0) is 17.7 Å². The molecule has 1 amide bonds. The zero-order valence-corrected chi connectivity index (χ0v) is 9.74. The second kappa shape index (κ2) is 4.42. The van der Waals surface area contributed by atoms with Crippen LogP contribution in [0, 0.1) is 0 Å². The summed E-state index contributed by atoms with van der Waals surface area (Å²) in [6.07, 6.45) is 0. The van der Waals surface area contributed by atoms with Crippen molar-refractivity contribution in [1.29, 1.82) is 0 Å². The second-order valence-corrected chi connectivity index (χ2v) is 4.38. The molecule has 2 rings (SSSR count). The third-order valence-corrected chi connectivity index (χ3v) is 3.07. The number of nitrogen functional groups attached to an aromatic ring is 1. The van der Waals surface area contributed by atoms with E-state index in [9.17, 15) is 9.59 Å². The Morgan fingerprint density at radius 3 is 2.53 bits per heavy atom. The number of hydrogen-bond acceptors (Lipinski definition) is 4. The molecule has 0 atom stereocenters. The first-order valence-electron chi connectivity index (χ1n) is 4.90. The van der Waals surface area contributed by atoms with Crippen LogP contribution in [0.5, 0.6) is 0 Å². The van der Waals surface area contributed by atoms with E-state index in [0.717, 1.165) is 16.9 Å². The summed E-state index contributed by atoms with van der Waals surface area (Å²) in [5, 5.41) is 1.71. The normalized spacial score (nSPS) is 10.4. The summed E-state index contributed by atoms with van der Waals surface area (Å²) >= 11 is 1.04. The Balaban J connectivity index is 2.48. The molecule has 0 unspecified atom stereocenters. The number of thiazole rings is 1. The van der Waals surface area contributed by atoms with Gasteiger partial charge in [0.05, 0.1) is 5.69 Å². The van der Waals surface area contributed by atoms with Crippen molar-refractivity contribution in [2.45, 2.75) is 6.54 Å². The fourth-order valence-corrected chi connectivity index (χ4v) is 2.28. The summed E-state index contributed by atoms with van der Waals surface area (Å²) in [5.41, 5.74) is 12.9. The Kier molecular flexibility index (Phi) is 2.97. The van der Waals surface area contributed by atoms with E-state index >= 15 is 0 Å². The smallest absolute Gasteiger partial charge is 0.308 e. The number of benzene rings is 1. The highest BCUT2D eigenvalue weighted by molar-refractivity contribution is 7.07. The van der Waals surface area contributed by atoms with Crippen LogP contribution in [-0.2, 0) is 11.3 Å². The average molecular weight is 249 g/mol. The largest absolute Gasteiger partial charge is 0.399 e. The first-order chi connectivity index (χ1) is 8.08. The minimum atomic E-state index is -0.540. The molecule has 0 aliphatic carbocycles. The highest BCUT2D eigenvalue weighted by Gasteiger charge is 2.10. The number of nitrogens with two attached hydrogens (primary N) is 2. The number of primary amides is 1. The zero-order valence-electron chi connectivity index (χ0n) is 8.92. The van der Waals surface area contributed by atoms with Crippen LogP contribution in [0.1, 0.15) is 0 Å². The maximum atomic E-state index is 11.6. The molecule has 0 bridgehead atoms. The molecule has 0 aliphatic rings. The number of carbonyl (C=O) groups is 1. The summed E-state index contributed by atoms with van der Waals surface area (Å²) < 4.78 is 1.36. The van der Waals surface area contributed by atoms with E-state index in [0.29, 0.717) is 11.4 Å². The van der Waals surface area contributed by atoms with Gasteiger partial charge in [0.25, 0.3) is 0 Å². The molecule has 0 saturated carbocycles. The van der Waals surface area contributed by atoms with Crippen molar-refractivity contribution in [2.75, 3.05) is 5.73 Å². The van der Waals surface area contributed by atoms with Crippen molar-refractivity contribution < 1.29 is 4.79 Å². The van der Waals surface area contributed by atoms with Crippen LogP contribution in [0.25, 0.3) is 11.3 Å². The van der Waals surface area contributed by atoms with Crippen LogP contribution >= 0.6 is 11.3 Å². The van der Waals surface area contributed by atoms with E-state index in [1.165, 1.54) is 4.57 Å². The number of nitrogens with zero attached hydrogens (tertiary/aromatic N) is 1. The van der Waals surface area contributed by atoms with E-state index in [1.807, 2.05) is 0 Å². The van der Waals surface area contributed by atoms with Crippen molar-refractivity contribution in [3.63, 3.8) is 0 Å². The van der Waals surface area contributed by atoms with Gasteiger partial charge in [-0.1, -0.05) is 23.5 Å². The Bertz CT molecular complexity index is 598. The van der Waals surface area contributed by atoms with Crippen LogP contribution in [-0.4, -0.2) is 10.5 Å². The van der Waals surface area contributed by atoms with Crippen LogP contribution in [0.4, 0.5) is 5.69 Å². The molecule has 6 heteroatoms. The lowest BCUT2D eigenvalue weighted by Gasteiger charge is -2.05. The first kappa shape index (κ1) is 11.4. The molecule has 1 aromatic heterocycles. The van der Waals surface area contributed by atoms with Crippen LogP contribution < -0.4 is 16.3 Å². The first-order valence-corrected chi connectivity index (χ1v) is 5.78. The van der Waals surface area contributed by atoms with E-state index in [2.05, 4.69) is 0 Å². The van der Waals surface area contributed by atoms with Gasteiger partial charge in [-0.25, -0.2) is 0 Å². The molecule has 0 fully saturated rings. The van der Waals surface area contributed by atoms with Gasteiger partial charge >= 0.3 is 4.87 Å². The van der Waals surface area contributed by atoms with Crippen LogP contribution in [0.2, 0.25) is 0 Å². The summed E-state index contributed by atoms with van der Waals surface area (Å²) in [6, 6.07) is 7.08. The number of hydrogen-bond donors (Lipinski definition) is 2. The molecule has 5 nitrogen and oxygen atoms in total. The van der Waals surface area contributed by atoms with Gasteiger partial charge in [-0.3, -0.25) is 14.2 Å². The summed E-state index contributed by atoms with van der Waals surface area (Å²) in [6.45, 7) is -0.109. The maximum Gasteiger partial charge on any atom is 0.308 e. The molecule has 1 heterocycles. The number of rotatable bonds is 3.